The van der Waals surface area contributed by atoms with Crippen molar-refractivity contribution in [1.82, 2.24) is 5.32 Å². The number of halogens is 3. The predicted octanol–water partition coefficient (Wildman–Crippen LogP) is 1.67. The lowest BCUT2D eigenvalue weighted by Gasteiger charge is -2.28. The summed E-state index contributed by atoms with van der Waals surface area (Å²) in [5.41, 5.74) is 0. The quantitative estimate of drug-likeness (QED) is 0.585. The summed E-state index contributed by atoms with van der Waals surface area (Å²) in [7, 11) is 0. The molecule has 1 rings (SSSR count). The minimum atomic E-state index is -2.43. The van der Waals surface area contributed by atoms with Crippen LogP contribution in [0.1, 0.15) is 13.3 Å². The fourth-order valence-electron chi connectivity index (χ4n) is 0.969. The molecule has 10 heavy (non-hydrogen) atoms. The summed E-state index contributed by atoms with van der Waals surface area (Å²) in [6, 6.07) is 0. The Kier molecular flexibility index (Phi) is 3.52. The molecule has 0 radical (unpaired) electrons. The maximum Gasteiger partial charge on any atom is 0.253 e. The normalized spacial score (nSPS) is 30.9. The van der Waals surface area contributed by atoms with Crippen LogP contribution in [0, 0.1) is 5.92 Å². The van der Waals surface area contributed by atoms with E-state index in [0.29, 0.717) is 13.1 Å². The van der Waals surface area contributed by atoms with E-state index in [1.54, 1.807) is 6.92 Å². The third kappa shape index (κ3) is 2.06. The number of rotatable bonds is 0. The van der Waals surface area contributed by atoms with Gasteiger partial charge in [-0.3, -0.25) is 0 Å². The van der Waals surface area contributed by atoms with Crippen molar-refractivity contribution in [3.8, 4) is 0 Å². The van der Waals surface area contributed by atoms with Gasteiger partial charge in [-0.15, -0.1) is 12.4 Å². The third-order valence-corrected chi connectivity index (χ3v) is 1.81. The van der Waals surface area contributed by atoms with Crippen LogP contribution in [0.5, 0.6) is 0 Å². The molecule has 1 fully saturated rings. The molecule has 0 bridgehead atoms. The van der Waals surface area contributed by atoms with E-state index in [2.05, 4.69) is 5.32 Å². The second-order valence-electron chi connectivity index (χ2n) is 2.62. The SMILES string of the molecule is C[C@H]1CNCCC1(F)F.Cl. The molecule has 0 saturated carbocycles. The van der Waals surface area contributed by atoms with Gasteiger partial charge in [0.2, 0.25) is 0 Å². The van der Waals surface area contributed by atoms with Gasteiger partial charge in [0.25, 0.3) is 5.92 Å². The van der Waals surface area contributed by atoms with E-state index in [-0.39, 0.29) is 18.8 Å². The first-order valence-corrected chi connectivity index (χ1v) is 3.21. The van der Waals surface area contributed by atoms with Crippen molar-refractivity contribution in [1.29, 1.82) is 0 Å². The summed E-state index contributed by atoms with van der Waals surface area (Å²) in [6.07, 6.45) is -0.00579. The molecular formula is C6H12ClF2N. The first kappa shape index (κ1) is 10.1. The molecule has 4 heteroatoms. The van der Waals surface area contributed by atoms with Crippen LogP contribution < -0.4 is 5.32 Å². The van der Waals surface area contributed by atoms with Crippen LogP contribution in [0.2, 0.25) is 0 Å². The van der Waals surface area contributed by atoms with Crippen LogP contribution >= 0.6 is 12.4 Å². The van der Waals surface area contributed by atoms with E-state index in [9.17, 15) is 8.78 Å². The lowest BCUT2D eigenvalue weighted by molar-refractivity contribution is -0.0710. The fraction of sp³-hybridized carbons (Fsp3) is 1.00. The van der Waals surface area contributed by atoms with Gasteiger partial charge in [-0.2, -0.15) is 0 Å². The van der Waals surface area contributed by atoms with Crippen molar-refractivity contribution in [3.63, 3.8) is 0 Å². The number of alkyl halides is 2. The lowest BCUT2D eigenvalue weighted by Crippen LogP contribution is -2.42. The number of hydrogen-bond acceptors (Lipinski definition) is 1. The molecule has 0 aromatic carbocycles. The largest absolute Gasteiger partial charge is 0.316 e. The molecule has 0 aromatic rings. The predicted molar refractivity (Wildman–Crippen MR) is 38.8 cm³/mol. The van der Waals surface area contributed by atoms with Crippen LogP contribution in [0.15, 0.2) is 0 Å². The smallest absolute Gasteiger partial charge is 0.253 e. The zero-order valence-electron chi connectivity index (χ0n) is 5.86. The van der Waals surface area contributed by atoms with Crippen molar-refractivity contribution in [2.45, 2.75) is 19.3 Å². The van der Waals surface area contributed by atoms with Gasteiger partial charge in [0.05, 0.1) is 0 Å². The van der Waals surface area contributed by atoms with Gasteiger partial charge < -0.3 is 5.32 Å². The molecule has 1 nitrogen and oxygen atoms in total. The number of hydrogen-bond donors (Lipinski definition) is 1. The fourth-order valence-corrected chi connectivity index (χ4v) is 0.969. The Morgan fingerprint density at radius 1 is 1.50 bits per heavy atom. The standard InChI is InChI=1S/C6H11F2N.ClH/c1-5-4-9-3-2-6(5,7)8;/h5,9H,2-4H2,1H3;1H/t5-;/m0./s1. The summed E-state index contributed by atoms with van der Waals surface area (Å²) in [5.74, 6) is -2.92. The topological polar surface area (TPSA) is 12.0 Å². The Morgan fingerprint density at radius 3 is 2.40 bits per heavy atom. The Morgan fingerprint density at radius 2 is 2.10 bits per heavy atom. The van der Waals surface area contributed by atoms with Crippen LogP contribution in [-0.2, 0) is 0 Å². The summed E-state index contributed by atoms with van der Waals surface area (Å²) in [6.45, 7) is 2.48. The highest BCUT2D eigenvalue weighted by Crippen LogP contribution is 2.29. The van der Waals surface area contributed by atoms with Gasteiger partial charge >= 0.3 is 0 Å². The molecule has 0 amide bonds. The Hall–Kier alpha value is 0.110. The van der Waals surface area contributed by atoms with Gasteiger partial charge in [0, 0.05) is 25.4 Å². The van der Waals surface area contributed by atoms with Crippen molar-refractivity contribution in [3.05, 3.63) is 0 Å². The van der Waals surface area contributed by atoms with Gasteiger partial charge in [-0.25, -0.2) is 8.78 Å². The average Bonchev–Trinajstić information content (AvgIpc) is 1.77. The van der Waals surface area contributed by atoms with Gasteiger partial charge in [-0.05, 0) is 0 Å². The van der Waals surface area contributed by atoms with E-state index in [1.807, 2.05) is 0 Å². The van der Waals surface area contributed by atoms with Crippen LogP contribution in [0.3, 0.4) is 0 Å². The minimum absolute atomic E-state index is 0. The molecular weight excluding hydrogens is 160 g/mol. The molecule has 1 saturated heterocycles. The molecule has 0 aliphatic carbocycles. The molecule has 0 aromatic heterocycles. The molecule has 0 spiro atoms. The molecule has 1 aliphatic heterocycles. The molecule has 0 unspecified atom stereocenters. The van der Waals surface area contributed by atoms with Crippen LogP contribution in [-0.4, -0.2) is 19.0 Å². The van der Waals surface area contributed by atoms with E-state index >= 15 is 0 Å². The summed E-state index contributed by atoms with van der Waals surface area (Å²) < 4.78 is 25.1. The van der Waals surface area contributed by atoms with Crippen LogP contribution in [0.4, 0.5) is 8.78 Å². The zero-order valence-corrected chi connectivity index (χ0v) is 6.68. The molecule has 1 N–H and O–H groups in total. The highest BCUT2D eigenvalue weighted by atomic mass is 35.5. The zero-order chi connectivity index (χ0) is 6.91. The van der Waals surface area contributed by atoms with E-state index in [4.69, 9.17) is 0 Å². The second kappa shape index (κ2) is 3.49. The van der Waals surface area contributed by atoms with Crippen molar-refractivity contribution >= 4 is 12.4 Å². The molecule has 1 heterocycles. The molecule has 62 valence electrons. The van der Waals surface area contributed by atoms with Gasteiger partial charge in [-0.1, -0.05) is 6.92 Å². The van der Waals surface area contributed by atoms with E-state index in [0.717, 1.165) is 0 Å². The average molecular weight is 172 g/mol. The maximum absolute atomic E-state index is 12.6. The third-order valence-electron chi connectivity index (χ3n) is 1.81. The first-order chi connectivity index (χ1) is 4.13. The molecule has 1 atom stereocenters. The Labute approximate surface area is 65.6 Å². The summed E-state index contributed by atoms with van der Waals surface area (Å²) in [5, 5.41) is 2.91. The molecule has 1 aliphatic rings. The Bertz CT molecular complexity index is 108. The van der Waals surface area contributed by atoms with Crippen LogP contribution in [0.25, 0.3) is 0 Å². The highest BCUT2D eigenvalue weighted by Gasteiger charge is 2.37. The minimum Gasteiger partial charge on any atom is -0.316 e. The Balaban J connectivity index is 0.000000810. The van der Waals surface area contributed by atoms with E-state index < -0.39 is 11.8 Å². The van der Waals surface area contributed by atoms with Gasteiger partial charge in [0.15, 0.2) is 0 Å². The maximum atomic E-state index is 12.6. The lowest BCUT2D eigenvalue weighted by atomic mass is 9.97. The number of nitrogens with one attached hydrogen (secondary N) is 1. The van der Waals surface area contributed by atoms with Gasteiger partial charge in [0.1, 0.15) is 0 Å². The van der Waals surface area contributed by atoms with Crippen molar-refractivity contribution in [2.75, 3.05) is 13.1 Å². The van der Waals surface area contributed by atoms with Crippen molar-refractivity contribution in [2.24, 2.45) is 5.92 Å². The van der Waals surface area contributed by atoms with E-state index in [1.165, 1.54) is 0 Å². The number of piperidine rings is 1. The summed E-state index contributed by atoms with van der Waals surface area (Å²) >= 11 is 0. The monoisotopic (exact) mass is 171 g/mol. The first-order valence-electron chi connectivity index (χ1n) is 3.21. The highest BCUT2D eigenvalue weighted by molar-refractivity contribution is 5.85. The summed E-state index contributed by atoms with van der Waals surface area (Å²) in [4.78, 5) is 0. The second-order valence-corrected chi connectivity index (χ2v) is 2.62. The van der Waals surface area contributed by atoms with Crippen molar-refractivity contribution < 1.29 is 8.78 Å².